The Morgan fingerprint density at radius 1 is 1.16 bits per heavy atom. The fourth-order valence-electron chi connectivity index (χ4n) is 3.14. The number of amides is 1. The molecule has 1 amide bonds. The second kappa shape index (κ2) is 6.51. The number of fused-ring (bicyclic) bond motifs is 2. The van der Waals surface area contributed by atoms with Crippen molar-refractivity contribution in [2.45, 2.75) is 12.5 Å². The van der Waals surface area contributed by atoms with Crippen molar-refractivity contribution in [2.24, 2.45) is 0 Å². The van der Waals surface area contributed by atoms with E-state index in [-0.39, 0.29) is 12.0 Å². The molecule has 2 aromatic carbocycles. The summed E-state index contributed by atoms with van der Waals surface area (Å²) in [5.74, 6) is 1.55. The van der Waals surface area contributed by atoms with E-state index in [1.54, 1.807) is 11.9 Å². The van der Waals surface area contributed by atoms with E-state index in [1.807, 2.05) is 54.7 Å². The molecule has 4 rings (SSSR count). The molecule has 0 saturated heterocycles. The number of aromatic nitrogens is 1. The number of rotatable bonds is 4. The molecule has 5 nitrogen and oxygen atoms in total. The van der Waals surface area contributed by atoms with E-state index in [0.717, 1.165) is 28.0 Å². The Bertz CT molecular complexity index is 903. The van der Waals surface area contributed by atoms with Crippen molar-refractivity contribution in [1.29, 1.82) is 0 Å². The van der Waals surface area contributed by atoms with Crippen LogP contribution in [0.3, 0.4) is 0 Å². The number of H-pyrrole nitrogens is 1. The maximum Gasteiger partial charge on any atom is 0.226 e. The van der Waals surface area contributed by atoms with Gasteiger partial charge in [-0.15, -0.1) is 0 Å². The van der Waals surface area contributed by atoms with E-state index in [2.05, 4.69) is 4.98 Å². The monoisotopic (exact) mass is 336 g/mol. The molecule has 5 heteroatoms. The predicted octanol–water partition coefficient (Wildman–Crippen LogP) is 3.01. The van der Waals surface area contributed by atoms with E-state index in [4.69, 9.17) is 9.47 Å². The Morgan fingerprint density at radius 2 is 1.92 bits per heavy atom. The summed E-state index contributed by atoms with van der Waals surface area (Å²) in [6, 6.07) is 15.6. The van der Waals surface area contributed by atoms with Gasteiger partial charge >= 0.3 is 0 Å². The maximum atomic E-state index is 12.6. The molecule has 3 aromatic rings. The van der Waals surface area contributed by atoms with Crippen molar-refractivity contribution in [1.82, 2.24) is 9.88 Å². The van der Waals surface area contributed by atoms with E-state index >= 15 is 0 Å². The van der Waals surface area contributed by atoms with Gasteiger partial charge in [-0.1, -0.05) is 30.3 Å². The summed E-state index contributed by atoms with van der Waals surface area (Å²) >= 11 is 0. The van der Waals surface area contributed by atoms with Crippen molar-refractivity contribution in [3.63, 3.8) is 0 Å². The number of benzene rings is 2. The molecule has 0 fully saturated rings. The SMILES string of the molecule is CN(C[C@@H]1COc2ccccc2O1)C(=O)Cc1c[nH]c2ccccc12. The highest BCUT2D eigenvalue weighted by Crippen LogP contribution is 2.31. The minimum Gasteiger partial charge on any atom is -0.486 e. The van der Waals surface area contributed by atoms with Gasteiger partial charge < -0.3 is 19.4 Å². The minimum atomic E-state index is -0.160. The topological polar surface area (TPSA) is 54.6 Å². The fraction of sp³-hybridized carbons (Fsp3) is 0.250. The molecular formula is C20H20N2O3. The van der Waals surface area contributed by atoms with Gasteiger partial charge in [-0.3, -0.25) is 4.79 Å². The summed E-state index contributed by atoms with van der Waals surface area (Å²) in [4.78, 5) is 17.5. The highest BCUT2D eigenvalue weighted by Gasteiger charge is 2.24. The molecule has 25 heavy (non-hydrogen) atoms. The Labute approximate surface area is 146 Å². The molecule has 2 heterocycles. The number of aromatic amines is 1. The lowest BCUT2D eigenvalue weighted by Crippen LogP contribution is -2.42. The highest BCUT2D eigenvalue weighted by atomic mass is 16.6. The number of likely N-dealkylation sites (N-methyl/N-ethyl adjacent to an activating group) is 1. The van der Waals surface area contributed by atoms with Gasteiger partial charge in [0, 0.05) is 24.1 Å². The number of carbonyl (C=O) groups excluding carboxylic acids is 1. The number of carbonyl (C=O) groups is 1. The molecule has 0 radical (unpaired) electrons. The van der Waals surface area contributed by atoms with Crippen molar-refractivity contribution in [3.05, 3.63) is 60.3 Å². The first-order valence-corrected chi connectivity index (χ1v) is 8.38. The summed E-state index contributed by atoms with van der Waals surface area (Å²) in [5.41, 5.74) is 2.06. The van der Waals surface area contributed by atoms with Crippen LogP contribution in [0.4, 0.5) is 0 Å². The van der Waals surface area contributed by atoms with Crippen LogP contribution in [-0.2, 0) is 11.2 Å². The fourth-order valence-corrected chi connectivity index (χ4v) is 3.14. The Kier molecular flexibility index (Phi) is 4.06. The number of para-hydroxylation sites is 3. The summed E-state index contributed by atoms with van der Waals surface area (Å²) < 4.78 is 11.6. The maximum absolute atomic E-state index is 12.6. The van der Waals surface area contributed by atoms with Gasteiger partial charge in [-0.25, -0.2) is 0 Å². The summed E-state index contributed by atoms with van der Waals surface area (Å²) in [6.07, 6.45) is 2.11. The molecular weight excluding hydrogens is 316 g/mol. The lowest BCUT2D eigenvalue weighted by atomic mass is 10.1. The van der Waals surface area contributed by atoms with Gasteiger partial charge in [0.15, 0.2) is 17.6 Å². The smallest absolute Gasteiger partial charge is 0.226 e. The molecule has 1 aromatic heterocycles. The second-order valence-corrected chi connectivity index (χ2v) is 6.31. The van der Waals surface area contributed by atoms with Gasteiger partial charge in [0.1, 0.15) is 6.61 Å². The van der Waals surface area contributed by atoms with Crippen molar-refractivity contribution < 1.29 is 14.3 Å². The third-order valence-electron chi connectivity index (χ3n) is 4.49. The number of nitrogens with one attached hydrogen (secondary N) is 1. The number of hydrogen-bond acceptors (Lipinski definition) is 3. The average Bonchev–Trinajstić information content (AvgIpc) is 3.04. The van der Waals surface area contributed by atoms with E-state index < -0.39 is 0 Å². The molecule has 0 spiro atoms. The summed E-state index contributed by atoms with van der Waals surface area (Å²) in [7, 11) is 1.81. The van der Waals surface area contributed by atoms with Crippen molar-refractivity contribution >= 4 is 16.8 Å². The average molecular weight is 336 g/mol. The standard InChI is InChI=1S/C20H20N2O3/c1-22(12-15-13-24-18-8-4-5-9-19(18)25-15)20(23)10-14-11-21-17-7-3-2-6-16(14)17/h2-9,11,15,21H,10,12-13H2,1H3/t15-/m1/s1. The van der Waals surface area contributed by atoms with Gasteiger partial charge in [0.2, 0.25) is 5.91 Å². The normalized spacial score (nSPS) is 16.0. The first-order valence-electron chi connectivity index (χ1n) is 8.38. The van der Waals surface area contributed by atoms with Gasteiger partial charge in [-0.05, 0) is 23.8 Å². The highest BCUT2D eigenvalue weighted by molar-refractivity contribution is 5.88. The molecule has 0 bridgehead atoms. The van der Waals surface area contributed by atoms with Crippen LogP contribution in [-0.4, -0.2) is 42.1 Å². The lowest BCUT2D eigenvalue weighted by molar-refractivity contribution is -0.130. The second-order valence-electron chi connectivity index (χ2n) is 6.31. The van der Waals surface area contributed by atoms with E-state index in [0.29, 0.717) is 19.6 Å². The first-order chi connectivity index (χ1) is 12.2. The lowest BCUT2D eigenvalue weighted by Gasteiger charge is -2.29. The first kappa shape index (κ1) is 15.6. The third kappa shape index (κ3) is 3.18. The summed E-state index contributed by atoms with van der Waals surface area (Å²) in [6.45, 7) is 0.942. The van der Waals surface area contributed by atoms with Crippen molar-refractivity contribution in [3.8, 4) is 11.5 Å². The third-order valence-corrected chi connectivity index (χ3v) is 4.49. The summed E-state index contributed by atoms with van der Waals surface area (Å²) in [5, 5.41) is 1.09. The van der Waals surface area contributed by atoms with Gasteiger partial charge in [0.05, 0.1) is 13.0 Å². The molecule has 1 atom stereocenters. The van der Waals surface area contributed by atoms with Crippen LogP contribution in [0.5, 0.6) is 11.5 Å². The van der Waals surface area contributed by atoms with Crippen LogP contribution >= 0.6 is 0 Å². The Balaban J connectivity index is 1.40. The molecule has 1 aliphatic rings. The van der Waals surface area contributed by atoms with Crippen molar-refractivity contribution in [2.75, 3.05) is 20.2 Å². The van der Waals surface area contributed by atoms with Gasteiger partial charge in [-0.2, -0.15) is 0 Å². The molecule has 1 aliphatic heterocycles. The van der Waals surface area contributed by atoms with Gasteiger partial charge in [0.25, 0.3) is 0 Å². The zero-order valence-corrected chi connectivity index (χ0v) is 14.1. The number of ether oxygens (including phenoxy) is 2. The number of nitrogens with zero attached hydrogens (tertiary/aromatic N) is 1. The van der Waals surface area contributed by atoms with Crippen LogP contribution in [0.15, 0.2) is 54.7 Å². The molecule has 0 aliphatic carbocycles. The number of hydrogen-bond donors (Lipinski definition) is 1. The molecule has 1 N–H and O–H groups in total. The van der Waals surface area contributed by atoms with Crippen LogP contribution < -0.4 is 9.47 Å². The minimum absolute atomic E-state index is 0.0622. The van der Waals surface area contributed by atoms with Crippen LogP contribution in [0.25, 0.3) is 10.9 Å². The molecule has 0 unspecified atom stereocenters. The predicted molar refractivity (Wildman–Crippen MR) is 96.0 cm³/mol. The van der Waals surface area contributed by atoms with Crippen LogP contribution in [0.2, 0.25) is 0 Å². The molecule has 128 valence electrons. The zero-order valence-electron chi connectivity index (χ0n) is 14.1. The Morgan fingerprint density at radius 3 is 2.80 bits per heavy atom. The largest absolute Gasteiger partial charge is 0.486 e. The van der Waals surface area contributed by atoms with Crippen LogP contribution in [0.1, 0.15) is 5.56 Å². The van der Waals surface area contributed by atoms with Crippen LogP contribution in [0, 0.1) is 0 Å². The Hall–Kier alpha value is -2.95. The molecule has 0 saturated carbocycles. The zero-order chi connectivity index (χ0) is 17.2. The van der Waals surface area contributed by atoms with E-state index in [9.17, 15) is 4.79 Å². The quantitative estimate of drug-likeness (QED) is 0.797. The van der Waals surface area contributed by atoms with E-state index in [1.165, 1.54) is 0 Å².